The second-order valence-electron chi connectivity index (χ2n) is 4.13. The lowest BCUT2D eigenvalue weighted by atomic mass is 10.0. The van der Waals surface area contributed by atoms with E-state index in [1.165, 1.54) is 15.6 Å². The molecule has 0 spiro atoms. The van der Waals surface area contributed by atoms with Gasteiger partial charge in [-0.2, -0.15) is 9.29 Å². The fourth-order valence-electron chi connectivity index (χ4n) is 1.81. The van der Waals surface area contributed by atoms with Crippen LogP contribution in [0.25, 0.3) is 0 Å². The summed E-state index contributed by atoms with van der Waals surface area (Å²) in [5.41, 5.74) is 0. The molecule has 18 heavy (non-hydrogen) atoms. The van der Waals surface area contributed by atoms with Crippen LogP contribution in [0.15, 0.2) is 26.2 Å². The second kappa shape index (κ2) is 4.15. The standard InChI is InChI=1S/C10H11N3O3S2/c1-7-11-10(16-12-7)8-5-13(6-8)18(14,15)9-3-2-4-17-9/h2-4,8H,5-6H2,1H3. The third-order valence-corrected chi connectivity index (χ3v) is 6.03. The fraction of sp³-hybridized carbons (Fsp3) is 0.400. The van der Waals surface area contributed by atoms with E-state index in [1.807, 2.05) is 0 Å². The lowest BCUT2D eigenvalue weighted by Gasteiger charge is -2.35. The zero-order chi connectivity index (χ0) is 12.8. The number of sulfonamides is 1. The van der Waals surface area contributed by atoms with Crippen LogP contribution in [-0.4, -0.2) is 36.0 Å². The summed E-state index contributed by atoms with van der Waals surface area (Å²) in [6, 6.07) is 3.35. The molecule has 1 fully saturated rings. The van der Waals surface area contributed by atoms with Crippen molar-refractivity contribution in [3.8, 4) is 0 Å². The highest BCUT2D eigenvalue weighted by Gasteiger charge is 2.40. The van der Waals surface area contributed by atoms with Gasteiger partial charge in [0.15, 0.2) is 5.82 Å². The summed E-state index contributed by atoms with van der Waals surface area (Å²) in [6.07, 6.45) is 0. The van der Waals surface area contributed by atoms with Crippen LogP contribution in [0.2, 0.25) is 0 Å². The van der Waals surface area contributed by atoms with Gasteiger partial charge in [0.1, 0.15) is 4.21 Å². The lowest BCUT2D eigenvalue weighted by molar-refractivity contribution is 0.217. The lowest BCUT2D eigenvalue weighted by Crippen LogP contribution is -2.48. The maximum absolute atomic E-state index is 12.1. The Morgan fingerprint density at radius 1 is 1.50 bits per heavy atom. The van der Waals surface area contributed by atoms with Gasteiger partial charge in [-0.1, -0.05) is 11.2 Å². The van der Waals surface area contributed by atoms with Crippen LogP contribution >= 0.6 is 11.3 Å². The van der Waals surface area contributed by atoms with Crippen LogP contribution < -0.4 is 0 Å². The highest BCUT2D eigenvalue weighted by Crippen LogP contribution is 2.32. The van der Waals surface area contributed by atoms with Gasteiger partial charge in [-0.3, -0.25) is 0 Å². The molecule has 0 N–H and O–H groups in total. The van der Waals surface area contributed by atoms with Gasteiger partial charge in [0.25, 0.3) is 10.0 Å². The Balaban J connectivity index is 1.73. The average Bonchev–Trinajstić information content (AvgIpc) is 2.86. The Kier molecular flexibility index (Phi) is 2.72. The Hall–Kier alpha value is -1.25. The molecule has 0 unspecified atom stereocenters. The molecule has 0 aromatic carbocycles. The first-order valence-electron chi connectivity index (χ1n) is 5.41. The summed E-state index contributed by atoms with van der Waals surface area (Å²) in [5, 5.41) is 5.46. The molecule has 0 bridgehead atoms. The quantitative estimate of drug-likeness (QED) is 0.847. The Morgan fingerprint density at radius 2 is 2.28 bits per heavy atom. The summed E-state index contributed by atoms with van der Waals surface area (Å²) in [6.45, 7) is 2.55. The SMILES string of the molecule is Cc1noc(C2CN(S(=O)(=O)c3cccs3)C2)n1. The third-order valence-electron chi connectivity index (χ3n) is 2.83. The van der Waals surface area contributed by atoms with Crippen molar-refractivity contribution in [2.75, 3.05) is 13.1 Å². The van der Waals surface area contributed by atoms with Gasteiger partial charge in [0.2, 0.25) is 5.89 Å². The summed E-state index contributed by atoms with van der Waals surface area (Å²) in [4.78, 5) is 4.12. The first-order valence-corrected chi connectivity index (χ1v) is 7.73. The van der Waals surface area contributed by atoms with E-state index in [2.05, 4.69) is 10.1 Å². The molecule has 1 saturated heterocycles. The number of aryl methyl sites for hydroxylation is 1. The summed E-state index contributed by atoms with van der Waals surface area (Å²) in [7, 11) is -3.33. The minimum atomic E-state index is -3.33. The van der Waals surface area contributed by atoms with Crippen LogP contribution in [0.5, 0.6) is 0 Å². The van der Waals surface area contributed by atoms with Crippen molar-refractivity contribution in [1.82, 2.24) is 14.4 Å². The highest BCUT2D eigenvalue weighted by molar-refractivity contribution is 7.91. The summed E-state index contributed by atoms with van der Waals surface area (Å²) >= 11 is 1.23. The van der Waals surface area contributed by atoms with Gasteiger partial charge in [-0.15, -0.1) is 11.3 Å². The van der Waals surface area contributed by atoms with Gasteiger partial charge in [0.05, 0.1) is 5.92 Å². The Bertz CT molecular complexity index is 642. The number of hydrogen-bond donors (Lipinski definition) is 0. The molecule has 1 aliphatic rings. The Labute approximate surface area is 108 Å². The van der Waals surface area contributed by atoms with E-state index in [1.54, 1.807) is 24.4 Å². The zero-order valence-corrected chi connectivity index (χ0v) is 11.2. The van der Waals surface area contributed by atoms with Crippen molar-refractivity contribution in [2.45, 2.75) is 17.1 Å². The number of nitrogens with zero attached hydrogens (tertiary/aromatic N) is 3. The average molecular weight is 285 g/mol. The van der Waals surface area contributed by atoms with Crippen molar-refractivity contribution in [3.05, 3.63) is 29.2 Å². The molecule has 0 amide bonds. The number of aromatic nitrogens is 2. The summed E-state index contributed by atoms with van der Waals surface area (Å²) < 4.78 is 31.1. The fourth-order valence-corrected chi connectivity index (χ4v) is 4.48. The van der Waals surface area contributed by atoms with E-state index in [4.69, 9.17) is 4.52 Å². The van der Waals surface area contributed by atoms with E-state index in [0.29, 0.717) is 29.0 Å². The minimum Gasteiger partial charge on any atom is -0.339 e. The normalized spacial score (nSPS) is 17.8. The molecule has 3 rings (SSSR count). The molecular weight excluding hydrogens is 274 g/mol. The minimum absolute atomic E-state index is 0.0148. The van der Waals surface area contributed by atoms with Gasteiger partial charge in [-0.25, -0.2) is 8.42 Å². The van der Waals surface area contributed by atoms with E-state index in [-0.39, 0.29) is 5.92 Å². The molecule has 8 heteroatoms. The van der Waals surface area contributed by atoms with Crippen molar-refractivity contribution in [2.24, 2.45) is 0 Å². The molecule has 0 aliphatic carbocycles. The molecular formula is C10H11N3O3S2. The van der Waals surface area contributed by atoms with Gasteiger partial charge >= 0.3 is 0 Å². The van der Waals surface area contributed by atoms with Gasteiger partial charge < -0.3 is 4.52 Å². The van der Waals surface area contributed by atoms with Crippen LogP contribution in [0.3, 0.4) is 0 Å². The molecule has 2 aromatic heterocycles. The first kappa shape index (κ1) is 11.8. The molecule has 1 aliphatic heterocycles. The van der Waals surface area contributed by atoms with Crippen molar-refractivity contribution < 1.29 is 12.9 Å². The number of rotatable bonds is 3. The predicted molar refractivity (Wildman–Crippen MR) is 64.9 cm³/mol. The smallest absolute Gasteiger partial charge is 0.252 e. The monoisotopic (exact) mass is 285 g/mol. The molecule has 6 nitrogen and oxygen atoms in total. The highest BCUT2D eigenvalue weighted by atomic mass is 32.2. The van der Waals surface area contributed by atoms with Gasteiger partial charge in [0, 0.05) is 13.1 Å². The summed E-state index contributed by atoms with van der Waals surface area (Å²) in [5.74, 6) is 1.11. The van der Waals surface area contributed by atoms with Crippen LogP contribution in [-0.2, 0) is 10.0 Å². The maximum Gasteiger partial charge on any atom is 0.252 e. The number of thiophene rings is 1. The zero-order valence-electron chi connectivity index (χ0n) is 9.61. The van der Waals surface area contributed by atoms with Crippen molar-refractivity contribution in [1.29, 1.82) is 0 Å². The molecule has 96 valence electrons. The van der Waals surface area contributed by atoms with Gasteiger partial charge in [-0.05, 0) is 18.4 Å². The molecule has 3 heterocycles. The molecule has 0 radical (unpaired) electrons. The van der Waals surface area contributed by atoms with Crippen molar-refractivity contribution >= 4 is 21.4 Å². The predicted octanol–water partition coefficient (Wildman–Crippen LogP) is 1.23. The van der Waals surface area contributed by atoms with Crippen LogP contribution in [0.1, 0.15) is 17.6 Å². The van der Waals surface area contributed by atoms with E-state index >= 15 is 0 Å². The van der Waals surface area contributed by atoms with Crippen molar-refractivity contribution in [3.63, 3.8) is 0 Å². The topological polar surface area (TPSA) is 76.3 Å². The molecule has 2 aromatic rings. The number of hydrogen-bond acceptors (Lipinski definition) is 6. The Morgan fingerprint density at radius 3 is 2.83 bits per heavy atom. The van der Waals surface area contributed by atoms with Crippen LogP contribution in [0, 0.1) is 6.92 Å². The van der Waals surface area contributed by atoms with E-state index < -0.39 is 10.0 Å². The molecule has 0 saturated carbocycles. The van der Waals surface area contributed by atoms with E-state index in [9.17, 15) is 8.42 Å². The largest absolute Gasteiger partial charge is 0.339 e. The second-order valence-corrected chi connectivity index (χ2v) is 7.24. The third kappa shape index (κ3) is 1.86. The molecule has 0 atom stereocenters. The maximum atomic E-state index is 12.1. The first-order chi connectivity index (χ1) is 8.57. The van der Waals surface area contributed by atoms with E-state index in [0.717, 1.165) is 0 Å². The van der Waals surface area contributed by atoms with Crippen LogP contribution in [0.4, 0.5) is 0 Å².